The Morgan fingerprint density at radius 2 is 1.89 bits per heavy atom. The fourth-order valence-electron chi connectivity index (χ4n) is 2.57. The van der Waals surface area contributed by atoms with Crippen molar-refractivity contribution in [3.8, 4) is 0 Å². The Morgan fingerprint density at radius 1 is 1.26 bits per heavy atom. The van der Waals surface area contributed by atoms with Crippen molar-refractivity contribution in [1.82, 2.24) is 4.90 Å². The smallest absolute Gasteiger partial charge is 0.317 e. The Hall–Kier alpha value is -1.95. The highest BCUT2D eigenvalue weighted by Crippen LogP contribution is 2.35. The molecule has 1 aliphatic carbocycles. The second-order valence-corrected chi connectivity index (χ2v) is 4.59. The Bertz CT molecular complexity index is 501. The first kappa shape index (κ1) is 13.5. The number of rotatable bonds is 5. The lowest BCUT2D eigenvalue weighted by molar-refractivity contribution is -0.142. The summed E-state index contributed by atoms with van der Waals surface area (Å²) < 4.78 is 13.1. The standard InChI is InChI=1S/C13H14FNO4/c14-9-2-3-10-8(5-9)1-4-11(10)15(6-12(16)17)7-13(18)19/h2-3,5,11H,1,4,6-7H2,(H,16,17)(H,18,19). The molecule has 0 spiro atoms. The zero-order valence-corrected chi connectivity index (χ0v) is 10.2. The van der Waals surface area contributed by atoms with Gasteiger partial charge in [-0.1, -0.05) is 6.07 Å². The number of aryl methyl sites for hydroxylation is 1. The zero-order valence-electron chi connectivity index (χ0n) is 10.2. The molecule has 1 aliphatic rings. The molecular formula is C13H14FNO4. The molecule has 1 aromatic rings. The van der Waals surface area contributed by atoms with E-state index in [2.05, 4.69) is 0 Å². The lowest BCUT2D eigenvalue weighted by Gasteiger charge is -2.26. The molecule has 0 aromatic heterocycles. The van der Waals surface area contributed by atoms with E-state index in [0.29, 0.717) is 12.8 Å². The number of benzene rings is 1. The molecule has 0 aliphatic heterocycles. The van der Waals surface area contributed by atoms with E-state index < -0.39 is 11.9 Å². The van der Waals surface area contributed by atoms with Gasteiger partial charge in [0.25, 0.3) is 0 Å². The van der Waals surface area contributed by atoms with Gasteiger partial charge in [0, 0.05) is 6.04 Å². The number of halogens is 1. The van der Waals surface area contributed by atoms with Crippen molar-refractivity contribution in [2.24, 2.45) is 0 Å². The van der Waals surface area contributed by atoms with Crippen molar-refractivity contribution in [1.29, 1.82) is 0 Å². The van der Waals surface area contributed by atoms with E-state index in [1.807, 2.05) is 0 Å². The van der Waals surface area contributed by atoms with Crippen LogP contribution in [0.3, 0.4) is 0 Å². The average Bonchev–Trinajstić information content (AvgIpc) is 2.69. The van der Waals surface area contributed by atoms with E-state index in [0.717, 1.165) is 11.1 Å². The molecule has 1 atom stereocenters. The summed E-state index contributed by atoms with van der Waals surface area (Å²) >= 11 is 0. The minimum atomic E-state index is -1.07. The quantitative estimate of drug-likeness (QED) is 0.840. The van der Waals surface area contributed by atoms with Crippen molar-refractivity contribution in [3.05, 3.63) is 35.1 Å². The molecule has 19 heavy (non-hydrogen) atoms. The summed E-state index contributed by atoms with van der Waals surface area (Å²) in [4.78, 5) is 23.0. The first-order valence-corrected chi connectivity index (χ1v) is 5.93. The van der Waals surface area contributed by atoms with Crippen LogP contribution in [0.2, 0.25) is 0 Å². The Kier molecular flexibility index (Phi) is 3.80. The molecule has 102 valence electrons. The molecule has 2 rings (SSSR count). The van der Waals surface area contributed by atoms with Crippen LogP contribution in [0.4, 0.5) is 4.39 Å². The van der Waals surface area contributed by atoms with E-state index in [4.69, 9.17) is 10.2 Å². The Morgan fingerprint density at radius 3 is 2.47 bits per heavy atom. The molecule has 0 saturated carbocycles. The molecule has 6 heteroatoms. The van der Waals surface area contributed by atoms with Gasteiger partial charge in [-0.15, -0.1) is 0 Å². The summed E-state index contributed by atoms with van der Waals surface area (Å²) in [5.74, 6) is -2.48. The van der Waals surface area contributed by atoms with Gasteiger partial charge >= 0.3 is 11.9 Å². The van der Waals surface area contributed by atoms with Gasteiger partial charge in [0.1, 0.15) is 5.82 Å². The summed E-state index contributed by atoms with van der Waals surface area (Å²) in [5.41, 5.74) is 1.65. The highest BCUT2D eigenvalue weighted by molar-refractivity contribution is 5.72. The van der Waals surface area contributed by atoms with Crippen LogP contribution in [-0.4, -0.2) is 40.1 Å². The maximum absolute atomic E-state index is 13.1. The largest absolute Gasteiger partial charge is 0.480 e. The first-order chi connectivity index (χ1) is 8.97. The van der Waals surface area contributed by atoms with Crippen LogP contribution in [0.25, 0.3) is 0 Å². The van der Waals surface area contributed by atoms with Gasteiger partial charge in [-0.3, -0.25) is 14.5 Å². The second kappa shape index (κ2) is 5.36. The van der Waals surface area contributed by atoms with E-state index >= 15 is 0 Å². The molecule has 5 nitrogen and oxygen atoms in total. The fraction of sp³-hybridized carbons (Fsp3) is 0.385. The number of carbonyl (C=O) groups is 2. The van der Waals surface area contributed by atoms with Crippen LogP contribution < -0.4 is 0 Å². The molecule has 0 radical (unpaired) electrons. The number of hydrogen-bond donors (Lipinski definition) is 2. The van der Waals surface area contributed by atoms with Gasteiger partial charge in [-0.25, -0.2) is 4.39 Å². The maximum atomic E-state index is 13.1. The van der Waals surface area contributed by atoms with Gasteiger partial charge < -0.3 is 10.2 Å². The molecule has 2 N–H and O–H groups in total. The predicted molar refractivity (Wildman–Crippen MR) is 64.3 cm³/mol. The topological polar surface area (TPSA) is 77.8 Å². The van der Waals surface area contributed by atoms with E-state index in [1.54, 1.807) is 6.07 Å². The average molecular weight is 267 g/mol. The normalized spacial score (nSPS) is 17.5. The van der Waals surface area contributed by atoms with Gasteiger partial charge in [0.15, 0.2) is 0 Å². The molecule has 0 saturated heterocycles. The van der Waals surface area contributed by atoms with Gasteiger partial charge in [-0.2, -0.15) is 0 Å². The van der Waals surface area contributed by atoms with Gasteiger partial charge in [-0.05, 0) is 36.1 Å². The lowest BCUT2D eigenvalue weighted by atomic mass is 10.1. The third kappa shape index (κ3) is 3.08. The first-order valence-electron chi connectivity index (χ1n) is 5.93. The van der Waals surface area contributed by atoms with Gasteiger partial charge in [0.05, 0.1) is 13.1 Å². The van der Waals surface area contributed by atoms with E-state index in [9.17, 15) is 14.0 Å². The fourth-order valence-corrected chi connectivity index (χ4v) is 2.57. The van der Waals surface area contributed by atoms with Crippen molar-refractivity contribution in [2.45, 2.75) is 18.9 Å². The lowest BCUT2D eigenvalue weighted by Crippen LogP contribution is -2.36. The third-order valence-corrected chi connectivity index (χ3v) is 3.27. The Balaban J connectivity index is 2.25. The predicted octanol–water partition coefficient (Wildman–Crippen LogP) is 1.28. The Labute approximate surface area is 109 Å². The monoisotopic (exact) mass is 267 g/mol. The number of carboxylic acids is 2. The third-order valence-electron chi connectivity index (χ3n) is 3.27. The van der Waals surface area contributed by atoms with Crippen molar-refractivity contribution >= 4 is 11.9 Å². The van der Waals surface area contributed by atoms with Crippen LogP contribution in [0, 0.1) is 5.82 Å². The number of hydrogen-bond acceptors (Lipinski definition) is 3. The minimum absolute atomic E-state index is 0.275. The van der Waals surface area contributed by atoms with E-state index in [1.165, 1.54) is 17.0 Å². The van der Waals surface area contributed by atoms with Crippen molar-refractivity contribution in [2.75, 3.05) is 13.1 Å². The van der Waals surface area contributed by atoms with Gasteiger partial charge in [0.2, 0.25) is 0 Å². The van der Waals surface area contributed by atoms with Crippen LogP contribution >= 0.6 is 0 Å². The van der Waals surface area contributed by atoms with Crippen LogP contribution in [0.5, 0.6) is 0 Å². The summed E-state index contributed by atoms with van der Waals surface area (Å²) in [6, 6.07) is 4.08. The summed E-state index contributed by atoms with van der Waals surface area (Å²) in [6.45, 7) is -0.679. The van der Waals surface area contributed by atoms with E-state index in [-0.39, 0.29) is 24.9 Å². The second-order valence-electron chi connectivity index (χ2n) is 4.59. The molecular weight excluding hydrogens is 253 g/mol. The SMILES string of the molecule is O=C(O)CN(CC(=O)O)C1CCc2cc(F)ccc21. The maximum Gasteiger partial charge on any atom is 0.317 e. The molecule has 1 unspecified atom stereocenters. The summed E-state index contributed by atoms with van der Waals surface area (Å²) in [5, 5.41) is 17.7. The number of aliphatic carboxylic acids is 2. The van der Waals surface area contributed by atoms with Crippen molar-refractivity contribution < 1.29 is 24.2 Å². The van der Waals surface area contributed by atoms with Crippen molar-refractivity contribution in [3.63, 3.8) is 0 Å². The molecule has 0 amide bonds. The van der Waals surface area contributed by atoms with Crippen LogP contribution in [0.15, 0.2) is 18.2 Å². The minimum Gasteiger partial charge on any atom is -0.480 e. The molecule has 0 bridgehead atoms. The number of carboxylic acid groups (broad SMARTS) is 2. The summed E-state index contributed by atoms with van der Waals surface area (Å²) in [6.07, 6.45) is 1.24. The summed E-state index contributed by atoms with van der Waals surface area (Å²) in [7, 11) is 0. The number of fused-ring (bicyclic) bond motifs is 1. The molecule has 0 fully saturated rings. The van der Waals surface area contributed by atoms with Crippen LogP contribution in [-0.2, 0) is 16.0 Å². The highest BCUT2D eigenvalue weighted by atomic mass is 19.1. The zero-order chi connectivity index (χ0) is 14.0. The molecule has 0 heterocycles. The number of nitrogens with zero attached hydrogens (tertiary/aromatic N) is 1. The van der Waals surface area contributed by atoms with Crippen LogP contribution in [0.1, 0.15) is 23.6 Å². The highest BCUT2D eigenvalue weighted by Gasteiger charge is 2.30. The molecule has 1 aromatic carbocycles.